The lowest BCUT2D eigenvalue weighted by molar-refractivity contribution is -0.126. The Morgan fingerprint density at radius 1 is 1.33 bits per heavy atom. The van der Waals surface area contributed by atoms with Gasteiger partial charge in [0.2, 0.25) is 5.91 Å². The second-order valence-corrected chi connectivity index (χ2v) is 6.41. The summed E-state index contributed by atoms with van der Waals surface area (Å²) in [4.78, 5) is 14.3. The van der Waals surface area contributed by atoms with Crippen molar-refractivity contribution in [2.45, 2.75) is 18.9 Å². The van der Waals surface area contributed by atoms with Crippen molar-refractivity contribution >= 4 is 29.1 Å². The van der Waals surface area contributed by atoms with Gasteiger partial charge in [-0.2, -0.15) is 0 Å². The normalized spacial score (nSPS) is 18.5. The van der Waals surface area contributed by atoms with Crippen molar-refractivity contribution in [3.8, 4) is 0 Å². The Balaban J connectivity index is 1.85. The summed E-state index contributed by atoms with van der Waals surface area (Å²) in [5.74, 6) is 0.0478. The molecule has 1 unspecified atom stereocenters. The lowest BCUT2D eigenvalue weighted by Gasteiger charge is -2.28. The van der Waals surface area contributed by atoms with Crippen LogP contribution in [0.25, 0.3) is 0 Å². The van der Waals surface area contributed by atoms with E-state index in [4.69, 9.17) is 23.2 Å². The summed E-state index contributed by atoms with van der Waals surface area (Å²) in [6, 6.07) is 4.91. The third kappa shape index (κ3) is 4.85. The molecule has 1 aliphatic rings. The highest BCUT2D eigenvalue weighted by molar-refractivity contribution is 6.34. The maximum Gasteiger partial charge on any atom is 0.223 e. The van der Waals surface area contributed by atoms with Crippen molar-refractivity contribution in [1.82, 2.24) is 10.2 Å². The Kier molecular flexibility index (Phi) is 5.88. The monoisotopic (exact) mass is 330 g/mol. The zero-order chi connectivity index (χ0) is 15.4. The van der Waals surface area contributed by atoms with E-state index in [1.165, 1.54) is 0 Å². The van der Waals surface area contributed by atoms with Crippen LogP contribution in [-0.2, 0) is 4.79 Å². The van der Waals surface area contributed by atoms with Crippen LogP contribution in [0.4, 0.5) is 0 Å². The highest BCUT2D eigenvalue weighted by Gasteiger charge is 2.23. The molecule has 0 bridgehead atoms. The lowest BCUT2D eigenvalue weighted by Crippen LogP contribution is -2.40. The molecular weight excluding hydrogens is 311 g/mol. The largest absolute Gasteiger partial charge is 0.387 e. The van der Waals surface area contributed by atoms with Crippen molar-refractivity contribution in [3.05, 3.63) is 33.8 Å². The molecule has 1 saturated heterocycles. The van der Waals surface area contributed by atoms with Crippen molar-refractivity contribution in [3.63, 3.8) is 0 Å². The van der Waals surface area contributed by atoms with Gasteiger partial charge in [-0.15, -0.1) is 0 Å². The van der Waals surface area contributed by atoms with Crippen LogP contribution in [0, 0.1) is 5.92 Å². The highest BCUT2D eigenvalue weighted by atomic mass is 35.5. The molecule has 2 N–H and O–H groups in total. The van der Waals surface area contributed by atoms with Gasteiger partial charge in [-0.1, -0.05) is 23.2 Å². The molecule has 0 aromatic heterocycles. The van der Waals surface area contributed by atoms with E-state index in [-0.39, 0.29) is 18.4 Å². The maximum atomic E-state index is 12.1. The minimum absolute atomic E-state index is 0.00951. The Bertz CT molecular complexity index is 482. The molecule has 1 fully saturated rings. The highest BCUT2D eigenvalue weighted by Crippen LogP contribution is 2.23. The molecule has 0 spiro atoms. The predicted octanol–water partition coefficient (Wildman–Crippen LogP) is 2.48. The van der Waals surface area contributed by atoms with Crippen LogP contribution in [0.2, 0.25) is 10.0 Å². The number of rotatable bonds is 4. The first-order chi connectivity index (χ1) is 9.95. The van der Waals surface area contributed by atoms with Gasteiger partial charge in [0.05, 0.1) is 6.10 Å². The van der Waals surface area contributed by atoms with Gasteiger partial charge in [0.1, 0.15) is 0 Å². The molecule has 1 aliphatic heterocycles. The quantitative estimate of drug-likeness (QED) is 0.891. The second-order valence-electron chi connectivity index (χ2n) is 5.54. The molecule has 0 aliphatic carbocycles. The van der Waals surface area contributed by atoms with Gasteiger partial charge in [0.15, 0.2) is 0 Å². The minimum atomic E-state index is -0.809. The fourth-order valence-corrected chi connectivity index (χ4v) is 3.04. The van der Waals surface area contributed by atoms with Gasteiger partial charge in [-0.3, -0.25) is 4.79 Å². The number of nitrogens with one attached hydrogen (secondary N) is 1. The van der Waals surface area contributed by atoms with E-state index in [9.17, 15) is 9.90 Å². The standard InChI is InChI=1S/C15H20Cl2N2O2/c1-19-4-2-10(3-5-19)15(21)18-9-14(20)11-6-12(16)8-13(17)7-11/h6-8,10,14,20H,2-5,9H2,1H3,(H,18,21). The smallest absolute Gasteiger partial charge is 0.223 e. The molecule has 1 aromatic carbocycles. The summed E-state index contributed by atoms with van der Waals surface area (Å²) in [5.41, 5.74) is 0.608. The van der Waals surface area contributed by atoms with Crippen molar-refractivity contribution in [2.24, 2.45) is 5.92 Å². The van der Waals surface area contributed by atoms with Crippen LogP contribution in [0.15, 0.2) is 18.2 Å². The van der Waals surface area contributed by atoms with Crippen LogP contribution in [0.1, 0.15) is 24.5 Å². The number of hydrogen-bond acceptors (Lipinski definition) is 3. The average molecular weight is 331 g/mol. The molecule has 21 heavy (non-hydrogen) atoms. The fraction of sp³-hybridized carbons (Fsp3) is 0.533. The molecular formula is C15H20Cl2N2O2. The van der Waals surface area contributed by atoms with Crippen LogP contribution in [0.3, 0.4) is 0 Å². The summed E-state index contributed by atoms with van der Waals surface area (Å²) < 4.78 is 0. The number of piperidine rings is 1. The number of carbonyl (C=O) groups is 1. The molecule has 4 nitrogen and oxygen atoms in total. The van der Waals surface area contributed by atoms with E-state index < -0.39 is 6.10 Å². The zero-order valence-corrected chi connectivity index (χ0v) is 13.5. The van der Waals surface area contributed by atoms with Crippen LogP contribution < -0.4 is 5.32 Å². The number of halogens is 2. The second kappa shape index (κ2) is 7.45. The summed E-state index contributed by atoms with van der Waals surface area (Å²) in [6.07, 6.45) is 0.916. The average Bonchev–Trinajstić information content (AvgIpc) is 2.44. The summed E-state index contributed by atoms with van der Waals surface area (Å²) in [6.45, 7) is 2.04. The van der Waals surface area contributed by atoms with Crippen LogP contribution in [0.5, 0.6) is 0 Å². The number of benzene rings is 1. The lowest BCUT2D eigenvalue weighted by atomic mass is 9.96. The number of aliphatic hydroxyl groups is 1. The van der Waals surface area contributed by atoms with Gasteiger partial charge >= 0.3 is 0 Å². The molecule has 1 heterocycles. The Labute approximate surface area is 135 Å². The van der Waals surface area contributed by atoms with E-state index in [0.717, 1.165) is 25.9 Å². The van der Waals surface area contributed by atoms with E-state index in [1.807, 2.05) is 0 Å². The molecule has 0 saturated carbocycles. The Hall–Kier alpha value is -0.810. The number of amides is 1. The summed E-state index contributed by atoms with van der Waals surface area (Å²) in [5, 5.41) is 13.9. The van der Waals surface area contributed by atoms with Gasteiger partial charge in [-0.05, 0) is 56.7 Å². The summed E-state index contributed by atoms with van der Waals surface area (Å²) >= 11 is 11.8. The van der Waals surface area contributed by atoms with Crippen molar-refractivity contribution < 1.29 is 9.90 Å². The first-order valence-corrected chi connectivity index (χ1v) is 7.81. The third-order valence-electron chi connectivity index (χ3n) is 3.83. The first kappa shape index (κ1) is 16.6. The molecule has 1 atom stereocenters. The molecule has 6 heteroatoms. The van der Waals surface area contributed by atoms with E-state index in [2.05, 4.69) is 17.3 Å². The summed E-state index contributed by atoms with van der Waals surface area (Å²) in [7, 11) is 2.06. The first-order valence-electron chi connectivity index (χ1n) is 7.06. The van der Waals surface area contributed by atoms with Gasteiger partial charge in [-0.25, -0.2) is 0 Å². The molecule has 116 valence electrons. The SMILES string of the molecule is CN1CCC(C(=O)NCC(O)c2cc(Cl)cc(Cl)c2)CC1. The number of nitrogens with zero attached hydrogens (tertiary/aromatic N) is 1. The molecule has 1 aromatic rings. The topological polar surface area (TPSA) is 52.6 Å². The van der Waals surface area contributed by atoms with E-state index in [1.54, 1.807) is 18.2 Å². The zero-order valence-electron chi connectivity index (χ0n) is 12.0. The van der Waals surface area contributed by atoms with Crippen LogP contribution in [-0.4, -0.2) is 42.6 Å². The molecule has 2 rings (SSSR count). The third-order valence-corrected chi connectivity index (χ3v) is 4.27. The van der Waals surface area contributed by atoms with E-state index in [0.29, 0.717) is 15.6 Å². The van der Waals surface area contributed by atoms with Crippen molar-refractivity contribution in [2.75, 3.05) is 26.7 Å². The van der Waals surface area contributed by atoms with Gasteiger partial charge in [0, 0.05) is 22.5 Å². The molecule has 0 radical (unpaired) electrons. The number of aliphatic hydroxyl groups excluding tert-OH is 1. The number of carbonyl (C=O) groups excluding carboxylic acids is 1. The molecule has 1 amide bonds. The minimum Gasteiger partial charge on any atom is -0.387 e. The van der Waals surface area contributed by atoms with Gasteiger partial charge < -0.3 is 15.3 Å². The number of hydrogen-bond donors (Lipinski definition) is 2. The van der Waals surface area contributed by atoms with Crippen molar-refractivity contribution in [1.29, 1.82) is 0 Å². The fourth-order valence-electron chi connectivity index (χ4n) is 2.50. The number of likely N-dealkylation sites (tertiary alicyclic amines) is 1. The Morgan fingerprint density at radius 2 is 1.90 bits per heavy atom. The predicted molar refractivity (Wildman–Crippen MR) is 84.7 cm³/mol. The Morgan fingerprint density at radius 3 is 2.48 bits per heavy atom. The van der Waals surface area contributed by atoms with Gasteiger partial charge in [0.25, 0.3) is 0 Å². The maximum absolute atomic E-state index is 12.1. The van der Waals surface area contributed by atoms with E-state index >= 15 is 0 Å². The van der Waals surface area contributed by atoms with Crippen LogP contribution >= 0.6 is 23.2 Å².